The van der Waals surface area contributed by atoms with Gasteiger partial charge in [0.05, 0.1) is 0 Å². The topological polar surface area (TPSA) is 37.0 Å². The van der Waals surface area contributed by atoms with Crippen molar-refractivity contribution in [3.63, 3.8) is 0 Å². The first kappa shape index (κ1) is 9.93. The standard InChI is InChI=1S/C10H14BrN3/c11-9-1-2-10(14-7-9)13-6-8-3-4-12-5-8/h1-2,7-8,12H,3-6H2,(H,13,14)/t8-/m0/s1. The van der Waals surface area contributed by atoms with E-state index in [1.165, 1.54) is 6.42 Å². The van der Waals surface area contributed by atoms with Gasteiger partial charge in [0.1, 0.15) is 5.82 Å². The molecule has 0 aliphatic carbocycles. The molecule has 0 unspecified atom stereocenters. The minimum absolute atomic E-state index is 0.750. The molecule has 2 N–H and O–H groups in total. The number of anilines is 1. The molecule has 0 aromatic carbocycles. The van der Waals surface area contributed by atoms with Crippen molar-refractivity contribution in [2.75, 3.05) is 25.0 Å². The summed E-state index contributed by atoms with van der Waals surface area (Å²) in [6.07, 6.45) is 3.08. The molecular weight excluding hydrogens is 242 g/mol. The Hall–Kier alpha value is -0.610. The fourth-order valence-corrected chi connectivity index (χ4v) is 1.85. The van der Waals surface area contributed by atoms with Gasteiger partial charge >= 0.3 is 0 Å². The molecule has 76 valence electrons. The number of hydrogen-bond donors (Lipinski definition) is 2. The van der Waals surface area contributed by atoms with Crippen molar-refractivity contribution in [1.82, 2.24) is 10.3 Å². The molecule has 1 atom stereocenters. The van der Waals surface area contributed by atoms with Crippen LogP contribution < -0.4 is 10.6 Å². The van der Waals surface area contributed by atoms with E-state index in [1.54, 1.807) is 0 Å². The fourth-order valence-electron chi connectivity index (χ4n) is 1.62. The van der Waals surface area contributed by atoms with Gasteiger partial charge < -0.3 is 10.6 Å². The Morgan fingerprint density at radius 1 is 1.57 bits per heavy atom. The van der Waals surface area contributed by atoms with Crippen LogP contribution in [0.1, 0.15) is 6.42 Å². The highest BCUT2D eigenvalue weighted by molar-refractivity contribution is 9.10. The SMILES string of the molecule is Brc1ccc(NC[C@H]2CCNC2)nc1. The normalized spacial score (nSPS) is 21.1. The lowest BCUT2D eigenvalue weighted by atomic mass is 10.1. The first-order valence-corrected chi connectivity index (χ1v) is 5.70. The molecule has 0 radical (unpaired) electrons. The van der Waals surface area contributed by atoms with E-state index in [-0.39, 0.29) is 0 Å². The quantitative estimate of drug-likeness (QED) is 0.866. The van der Waals surface area contributed by atoms with Gasteiger partial charge in [-0.2, -0.15) is 0 Å². The van der Waals surface area contributed by atoms with E-state index in [0.717, 1.165) is 35.8 Å². The summed E-state index contributed by atoms with van der Waals surface area (Å²) in [5.41, 5.74) is 0. The van der Waals surface area contributed by atoms with Crippen molar-refractivity contribution in [2.45, 2.75) is 6.42 Å². The van der Waals surface area contributed by atoms with Gasteiger partial charge in [-0.05, 0) is 53.5 Å². The smallest absolute Gasteiger partial charge is 0.125 e. The summed E-state index contributed by atoms with van der Waals surface area (Å²) in [5.74, 6) is 1.71. The monoisotopic (exact) mass is 255 g/mol. The maximum atomic E-state index is 4.26. The maximum Gasteiger partial charge on any atom is 0.125 e. The molecular formula is C10H14BrN3. The van der Waals surface area contributed by atoms with Gasteiger partial charge in [-0.25, -0.2) is 4.98 Å². The molecule has 2 rings (SSSR count). The highest BCUT2D eigenvalue weighted by Gasteiger charge is 2.13. The number of rotatable bonds is 3. The van der Waals surface area contributed by atoms with Crippen LogP contribution in [0.3, 0.4) is 0 Å². The van der Waals surface area contributed by atoms with Gasteiger partial charge in [0.25, 0.3) is 0 Å². The fraction of sp³-hybridized carbons (Fsp3) is 0.500. The molecule has 1 aromatic rings. The predicted octanol–water partition coefficient (Wildman–Crippen LogP) is 1.87. The van der Waals surface area contributed by atoms with Crippen molar-refractivity contribution >= 4 is 21.7 Å². The van der Waals surface area contributed by atoms with Crippen LogP contribution in [-0.4, -0.2) is 24.6 Å². The second-order valence-electron chi connectivity index (χ2n) is 3.60. The van der Waals surface area contributed by atoms with Crippen LogP contribution in [0.15, 0.2) is 22.8 Å². The number of hydrogen-bond acceptors (Lipinski definition) is 3. The van der Waals surface area contributed by atoms with E-state index < -0.39 is 0 Å². The van der Waals surface area contributed by atoms with Crippen molar-refractivity contribution in [1.29, 1.82) is 0 Å². The van der Waals surface area contributed by atoms with Gasteiger partial charge in [0.15, 0.2) is 0 Å². The predicted molar refractivity (Wildman–Crippen MR) is 61.4 cm³/mol. The highest BCUT2D eigenvalue weighted by atomic mass is 79.9. The lowest BCUT2D eigenvalue weighted by Crippen LogP contribution is -2.17. The molecule has 1 fully saturated rings. The van der Waals surface area contributed by atoms with Crippen molar-refractivity contribution in [3.8, 4) is 0 Å². The number of halogens is 1. The van der Waals surface area contributed by atoms with Crippen LogP contribution in [-0.2, 0) is 0 Å². The molecule has 2 heterocycles. The van der Waals surface area contributed by atoms with Crippen molar-refractivity contribution < 1.29 is 0 Å². The van der Waals surface area contributed by atoms with E-state index in [1.807, 2.05) is 18.3 Å². The zero-order chi connectivity index (χ0) is 9.80. The Kier molecular flexibility index (Phi) is 3.37. The third-order valence-corrected chi connectivity index (χ3v) is 2.93. The van der Waals surface area contributed by atoms with Gasteiger partial charge in [-0.15, -0.1) is 0 Å². The summed E-state index contributed by atoms with van der Waals surface area (Å²) < 4.78 is 1.02. The average molecular weight is 256 g/mol. The summed E-state index contributed by atoms with van der Waals surface area (Å²) in [7, 11) is 0. The van der Waals surface area contributed by atoms with Gasteiger partial charge in [-0.3, -0.25) is 0 Å². The Morgan fingerprint density at radius 2 is 2.50 bits per heavy atom. The minimum Gasteiger partial charge on any atom is -0.370 e. The lowest BCUT2D eigenvalue weighted by molar-refractivity contribution is 0.614. The zero-order valence-electron chi connectivity index (χ0n) is 7.96. The largest absolute Gasteiger partial charge is 0.370 e. The van der Waals surface area contributed by atoms with Crippen LogP contribution >= 0.6 is 15.9 Å². The summed E-state index contributed by atoms with van der Waals surface area (Å²) in [6.45, 7) is 3.30. The second-order valence-corrected chi connectivity index (χ2v) is 4.52. The van der Waals surface area contributed by atoms with Crippen molar-refractivity contribution in [2.24, 2.45) is 5.92 Å². The number of aromatic nitrogens is 1. The average Bonchev–Trinajstić information content (AvgIpc) is 2.70. The third kappa shape index (κ3) is 2.69. The summed E-state index contributed by atoms with van der Waals surface area (Å²) >= 11 is 3.36. The highest BCUT2D eigenvalue weighted by Crippen LogP contribution is 2.12. The molecule has 4 heteroatoms. The molecule has 1 aromatic heterocycles. The molecule has 1 saturated heterocycles. The summed E-state index contributed by atoms with van der Waals surface area (Å²) in [5, 5.41) is 6.69. The zero-order valence-corrected chi connectivity index (χ0v) is 9.55. The third-order valence-electron chi connectivity index (χ3n) is 2.46. The first-order valence-electron chi connectivity index (χ1n) is 4.91. The Morgan fingerprint density at radius 3 is 3.14 bits per heavy atom. The van der Waals surface area contributed by atoms with E-state index >= 15 is 0 Å². The molecule has 1 aliphatic heterocycles. The Balaban J connectivity index is 1.82. The molecule has 3 nitrogen and oxygen atoms in total. The molecule has 1 aliphatic rings. The maximum absolute atomic E-state index is 4.26. The van der Waals surface area contributed by atoms with E-state index in [2.05, 4.69) is 31.5 Å². The van der Waals surface area contributed by atoms with Crippen LogP contribution in [0.2, 0.25) is 0 Å². The first-order chi connectivity index (χ1) is 6.84. The Labute approximate surface area is 92.4 Å². The van der Waals surface area contributed by atoms with Gasteiger partial charge in [-0.1, -0.05) is 0 Å². The van der Waals surface area contributed by atoms with Crippen LogP contribution in [0.5, 0.6) is 0 Å². The molecule has 0 saturated carbocycles. The Bertz CT molecular complexity index is 280. The molecule has 0 bridgehead atoms. The minimum atomic E-state index is 0.750. The number of nitrogens with zero attached hydrogens (tertiary/aromatic N) is 1. The summed E-state index contributed by atoms with van der Waals surface area (Å²) in [4.78, 5) is 4.26. The van der Waals surface area contributed by atoms with E-state index in [4.69, 9.17) is 0 Å². The van der Waals surface area contributed by atoms with Gasteiger partial charge in [0, 0.05) is 17.2 Å². The molecule has 14 heavy (non-hydrogen) atoms. The van der Waals surface area contributed by atoms with Crippen LogP contribution in [0.25, 0.3) is 0 Å². The summed E-state index contributed by atoms with van der Waals surface area (Å²) in [6, 6.07) is 3.99. The molecule has 0 amide bonds. The second kappa shape index (κ2) is 4.75. The van der Waals surface area contributed by atoms with Crippen molar-refractivity contribution in [3.05, 3.63) is 22.8 Å². The van der Waals surface area contributed by atoms with Gasteiger partial charge in [0.2, 0.25) is 0 Å². The van der Waals surface area contributed by atoms with Crippen LogP contribution in [0, 0.1) is 5.92 Å². The van der Waals surface area contributed by atoms with E-state index in [0.29, 0.717) is 0 Å². The number of nitrogens with one attached hydrogen (secondary N) is 2. The lowest BCUT2D eigenvalue weighted by Gasteiger charge is -2.10. The molecule has 0 spiro atoms. The van der Waals surface area contributed by atoms with Crippen LogP contribution in [0.4, 0.5) is 5.82 Å². The van der Waals surface area contributed by atoms with E-state index in [9.17, 15) is 0 Å². The number of pyridine rings is 1.